The van der Waals surface area contributed by atoms with Gasteiger partial charge in [-0.2, -0.15) is 5.10 Å². The van der Waals surface area contributed by atoms with E-state index in [1.165, 1.54) is 18.0 Å². The van der Waals surface area contributed by atoms with Crippen molar-refractivity contribution in [1.82, 2.24) is 5.43 Å². The van der Waals surface area contributed by atoms with Gasteiger partial charge >= 0.3 is 0 Å². The largest absolute Gasteiger partial charge is 0.490 e. The fourth-order valence-corrected chi connectivity index (χ4v) is 3.90. The number of ether oxygens (including phenoxy) is 2. The number of anilines is 1. The number of nitrogens with one attached hydrogen (secondary N) is 2. The maximum absolute atomic E-state index is 12.2. The molecule has 7 nitrogen and oxygen atoms in total. The van der Waals surface area contributed by atoms with E-state index in [1.54, 1.807) is 36.4 Å². The van der Waals surface area contributed by atoms with Crippen LogP contribution >= 0.6 is 35.0 Å². The quantitative estimate of drug-likeness (QED) is 0.189. The molecular weight excluding hydrogens is 509 g/mol. The van der Waals surface area contributed by atoms with E-state index in [2.05, 4.69) is 15.8 Å². The molecule has 0 aliphatic rings. The summed E-state index contributed by atoms with van der Waals surface area (Å²) < 4.78 is 11.3. The van der Waals surface area contributed by atoms with Crippen LogP contribution in [0.5, 0.6) is 11.5 Å². The van der Waals surface area contributed by atoms with Crippen LogP contribution in [-0.4, -0.2) is 37.0 Å². The minimum Gasteiger partial charge on any atom is -0.490 e. The second kappa shape index (κ2) is 13.6. The molecule has 0 saturated carbocycles. The Kier molecular flexibility index (Phi) is 10.3. The van der Waals surface area contributed by atoms with Crippen molar-refractivity contribution in [1.29, 1.82) is 0 Å². The smallest absolute Gasteiger partial charge is 0.262 e. The van der Waals surface area contributed by atoms with Crippen molar-refractivity contribution in [3.05, 3.63) is 82.3 Å². The Labute approximate surface area is 217 Å². The van der Waals surface area contributed by atoms with Gasteiger partial charge < -0.3 is 14.8 Å². The SMILES string of the molecule is CCOc1cc(/C=N\NC(=O)CSc2ccc(Cl)cc2)cc(Cl)c1OCC(=O)Nc1ccccc1. The monoisotopic (exact) mass is 531 g/mol. The molecule has 0 fully saturated rings. The van der Waals surface area contributed by atoms with Crippen molar-refractivity contribution in [3.8, 4) is 11.5 Å². The first-order chi connectivity index (χ1) is 16.9. The van der Waals surface area contributed by atoms with Gasteiger partial charge in [-0.3, -0.25) is 9.59 Å². The van der Waals surface area contributed by atoms with Gasteiger partial charge in [0, 0.05) is 15.6 Å². The number of carbonyl (C=O) groups excluding carboxylic acids is 2. The first-order valence-corrected chi connectivity index (χ1v) is 12.3. The number of thioether (sulfide) groups is 1. The number of hydrazone groups is 1. The topological polar surface area (TPSA) is 89.0 Å². The van der Waals surface area contributed by atoms with Crippen LogP contribution in [-0.2, 0) is 9.59 Å². The van der Waals surface area contributed by atoms with Crippen LogP contribution in [0.3, 0.4) is 0 Å². The molecule has 3 aromatic carbocycles. The lowest BCUT2D eigenvalue weighted by Gasteiger charge is -2.14. The number of nitrogens with zero attached hydrogens (tertiary/aromatic N) is 1. The van der Waals surface area contributed by atoms with Crippen molar-refractivity contribution >= 4 is 58.7 Å². The molecule has 2 amide bonds. The molecule has 0 spiro atoms. The molecule has 0 saturated heterocycles. The average molecular weight is 532 g/mol. The maximum Gasteiger partial charge on any atom is 0.262 e. The molecule has 0 heterocycles. The molecule has 10 heteroatoms. The van der Waals surface area contributed by atoms with Crippen LogP contribution in [0.15, 0.2) is 76.7 Å². The number of halogens is 2. The summed E-state index contributed by atoms with van der Waals surface area (Å²) in [7, 11) is 0. The van der Waals surface area contributed by atoms with Gasteiger partial charge in [0.15, 0.2) is 18.1 Å². The number of benzene rings is 3. The summed E-state index contributed by atoms with van der Waals surface area (Å²) in [6, 6.07) is 19.5. The van der Waals surface area contributed by atoms with Crippen LogP contribution in [0.25, 0.3) is 0 Å². The Bertz CT molecular complexity index is 1180. The summed E-state index contributed by atoms with van der Waals surface area (Å²) in [5.41, 5.74) is 3.73. The highest BCUT2D eigenvalue weighted by molar-refractivity contribution is 8.00. The van der Waals surface area contributed by atoms with Gasteiger partial charge in [0.25, 0.3) is 5.91 Å². The van der Waals surface area contributed by atoms with Gasteiger partial charge in [-0.1, -0.05) is 41.4 Å². The number of rotatable bonds is 11. The first-order valence-electron chi connectivity index (χ1n) is 10.6. The Morgan fingerprint density at radius 3 is 2.46 bits per heavy atom. The molecule has 35 heavy (non-hydrogen) atoms. The maximum atomic E-state index is 12.2. The van der Waals surface area contributed by atoms with E-state index >= 15 is 0 Å². The van der Waals surface area contributed by atoms with Crippen molar-refractivity contribution < 1.29 is 19.1 Å². The fraction of sp³-hybridized carbons (Fsp3) is 0.160. The highest BCUT2D eigenvalue weighted by atomic mass is 35.5. The molecule has 0 bridgehead atoms. The van der Waals surface area contributed by atoms with E-state index in [4.69, 9.17) is 32.7 Å². The molecule has 0 atom stereocenters. The summed E-state index contributed by atoms with van der Waals surface area (Å²) in [5, 5.41) is 7.61. The van der Waals surface area contributed by atoms with Crippen molar-refractivity contribution in [2.24, 2.45) is 5.10 Å². The Hall–Kier alpha value is -3.20. The van der Waals surface area contributed by atoms with E-state index in [9.17, 15) is 9.59 Å². The molecule has 3 rings (SSSR count). The third-order valence-corrected chi connectivity index (χ3v) is 5.87. The minimum atomic E-state index is -0.334. The van der Waals surface area contributed by atoms with Gasteiger partial charge in [-0.05, 0) is 61.0 Å². The van der Waals surface area contributed by atoms with E-state index < -0.39 is 0 Å². The summed E-state index contributed by atoms with van der Waals surface area (Å²) in [5.74, 6) is 0.207. The number of amides is 2. The van der Waals surface area contributed by atoms with Gasteiger partial charge in [0.05, 0.1) is 23.6 Å². The highest BCUT2D eigenvalue weighted by Gasteiger charge is 2.14. The van der Waals surface area contributed by atoms with Crippen LogP contribution in [0.4, 0.5) is 5.69 Å². The number of hydrogen-bond acceptors (Lipinski definition) is 6. The van der Waals surface area contributed by atoms with Crippen LogP contribution < -0.4 is 20.2 Å². The molecule has 2 N–H and O–H groups in total. The third-order valence-electron chi connectivity index (χ3n) is 4.32. The average Bonchev–Trinajstić information content (AvgIpc) is 2.84. The normalized spacial score (nSPS) is 10.7. The standard InChI is InChI=1S/C25H23Cl2N3O4S/c1-2-33-22-13-17(14-28-30-24(32)16-35-20-10-8-18(26)9-11-20)12-21(27)25(22)34-15-23(31)29-19-6-4-3-5-7-19/h3-14H,2,15-16H2,1H3,(H,29,31)(H,30,32)/b28-14-. The Morgan fingerprint density at radius 1 is 1.00 bits per heavy atom. The molecule has 182 valence electrons. The highest BCUT2D eigenvalue weighted by Crippen LogP contribution is 2.36. The molecule has 0 aliphatic heterocycles. The van der Waals surface area contributed by atoms with Crippen LogP contribution in [0.1, 0.15) is 12.5 Å². The predicted molar refractivity (Wildman–Crippen MR) is 141 cm³/mol. The van der Waals surface area contributed by atoms with Crippen LogP contribution in [0.2, 0.25) is 10.0 Å². The number of carbonyl (C=O) groups is 2. The van der Waals surface area contributed by atoms with Crippen molar-refractivity contribution in [3.63, 3.8) is 0 Å². The summed E-state index contributed by atoms with van der Waals surface area (Å²) in [4.78, 5) is 25.2. The lowest BCUT2D eigenvalue weighted by molar-refractivity contribution is -0.119. The van der Waals surface area contributed by atoms with E-state index in [1.807, 2.05) is 37.3 Å². The van der Waals surface area contributed by atoms with Gasteiger partial charge in [0.2, 0.25) is 5.91 Å². The summed E-state index contributed by atoms with van der Waals surface area (Å²) in [6.45, 7) is 1.94. The zero-order chi connectivity index (χ0) is 25.0. The number of hydrogen-bond donors (Lipinski definition) is 2. The second-order valence-electron chi connectivity index (χ2n) is 7.00. The molecular formula is C25H23Cl2N3O4S. The lowest BCUT2D eigenvalue weighted by atomic mass is 10.2. The first kappa shape index (κ1) is 26.4. The van der Waals surface area contributed by atoms with Gasteiger partial charge in [-0.25, -0.2) is 5.43 Å². The second-order valence-corrected chi connectivity index (χ2v) is 8.89. The number of para-hydroxylation sites is 1. The molecule has 0 unspecified atom stereocenters. The van der Waals surface area contributed by atoms with Gasteiger partial charge in [-0.15, -0.1) is 11.8 Å². The minimum absolute atomic E-state index is 0.196. The predicted octanol–water partition coefficient (Wildman–Crippen LogP) is 5.65. The van der Waals surface area contributed by atoms with Crippen LogP contribution in [0, 0.1) is 0 Å². The Morgan fingerprint density at radius 2 is 1.74 bits per heavy atom. The Balaban J connectivity index is 1.56. The lowest BCUT2D eigenvalue weighted by Crippen LogP contribution is -2.20. The fourth-order valence-electron chi connectivity index (χ4n) is 2.81. The molecule has 0 aliphatic carbocycles. The molecule has 3 aromatic rings. The molecule has 0 radical (unpaired) electrons. The van der Waals surface area contributed by atoms with Gasteiger partial charge in [0.1, 0.15) is 0 Å². The van der Waals surface area contributed by atoms with E-state index in [-0.39, 0.29) is 34.9 Å². The van der Waals surface area contributed by atoms with E-state index in [0.29, 0.717) is 28.6 Å². The third kappa shape index (κ3) is 8.83. The zero-order valence-electron chi connectivity index (χ0n) is 18.8. The zero-order valence-corrected chi connectivity index (χ0v) is 21.1. The summed E-state index contributed by atoms with van der Waals surface area (Å²) >= 11 is 13.6. The van der Waals surface area contributed by atoms with E-state index in [0.717, 1.165) is 4.90 Å². The van der Waals surface area contributed by atoms with Crippen molar-refractivity contribution in [2.75, 3.05) is 24.3 Å². The van der Waals surface area contributed by atoms with Crippen molar-refractivity contribution in [2.45, 2.75) is 11.8 Å². The molecule has 0 aromatic heterocycles. The summed E-state index contributed by atoms with van der Waals surface area (Å²) in [6.07, 6.45) is 1.45.